The third-order valence-electron chi connectivity index (χ3n) is 4.49. The zero-order valence-electron chi connectivity index (χ0n) is 13.4. The van der Waals surface area contributed by atoms with Gasteiger partial charge in [-0.05, 0) is 44.7 Å². The van der Waals surface area contributed by atoms with E-state index in [9.17, 15) is 0 Å². The van der Waals surface area contributed by atoms with Crippen LogP contribution in [0, 0.1) is 6.92 Å². The Balaban J connectivity index is 1.32. The van der Waals surface area contributed by atoms with E-state index in [1.54, 1.807) is 0 Å². The van der Waals surface area contributed by atoms with Gasteiger partial charge < -0.3 is 14.7 Å². The van der Waals surface area contributed by atoms with Crippen LogP contribution in [0.2, 0.25) is 0 Å². The van der Waals surface area contributed by atoms with E-state index in [1.807, 2.05) is 19.1 Å². The average molecular weight is 314 g/mol. The van der Waals surface area contributed by atoms with Crippen molar-refractivity contribution in [3.05, 3.63) is 29.5 Å². The van der Waals surface area contributed by atoms with Gasteiger partial charge in [0.15, 0.2) is 11.6 Å². The van der Waals surface area contributed by atoms with Crippen LogP contribution in [0.3, 0.4) is 0 Å². The van der Waals surface area contributed by atoms with Crippen molar-refractivity contribution in [1.29, 1.82) is 0 Å². The number of piperidine rings is 1. The van der Waals surface area contributed by atoms with Crippen LogP contribution >= 0.6 is 0 Å². The first-order valence-corrected chi connectivity index (χ1v) is 8.39. The lowest BCUT2D eigenvalue weighted by Crippen LogP contribution is -2.46. The van der Waals surface area contributed by atoms with Crippen LogP contribution in [0.5, 0.6) is 0 Å². The Bertz CT molecular complexity index is 651. The smallest absolute Gasteiger partial charge is 0.229 e. The van der Waals surface area contributed by atoms with E-state index in [4.69, 9.17) is 4.52 Å². The van der Waals surface area contributed by atoms with Crippen LogP contribution in [0.4, 0.5) is 5.82 Å². The topological polar surface area (TPSA) is 80.0 Å². The molecule has 7 heteroatoms. The second-order valence-electron chi connectivity index (χ2n) is 6.52. The minimum Gasteiger partial charge on any atom is -0.354 e. The molecule has 0 unspecified atom stereocenters. The van der Waals surface area contributed by atoms with Crippen LogP contribution < -0.4 is 10.2 Å². The molecule has 4 rings (SSSR count). The van der Waals surface area contributed by atoms with Crippen molar-refractivity contribution in [2.75, 3.05) is 18.0 Å². The Hall–Kier alpha value is -2.02. The molecule has 1 aliphatic heterocycles. The maximum absolute atomic E-state index is 5.30. The lowest BCUT2D eigenvalue weighted by Gasteiger charge is -2.33. The van der Waals surface area contributed by atoms with Crippen molar-refractivity contribution < 1.29 is 4.52 Å². The number of aryl methyl sites for hydroxylation is 1. The van der Waals surface area contributed by atoms with Gasteiger partial charge in [0.1, 0.15) is 0 Å². The molecule has 1 atom stereocenters. The maximum Gasteiger partial charge on any atom is 0.229 e. The van der Waals surface area contributed by atoms with Gasteiger partial charge in [-0.2, -0.15) is 10.1 Å². The summed E-state index contributed by atoms with van der Waals surface area (Å²) in [6, 6.07) is 4.47. The summed E-state index contributed by atoms with van der Waals surface area (Å²) in [5, 5.41) is 16.1. The number of aromatic nitrogens is 4. The van der Waals surface area contributed by atoms with Crippen LogP contribution in [0.15, 0.2) is 16.7 Å². The lowest BCUT2D eigenvalue weighted by molar-refractivity contribution is 0.366. The normalized spacial score (nSPS) is 21.6. The van der Waals surface area contributed by atoms with Gasteiger partial charge in [0.05, 0.1) is 12.2 Å². The summed E-state index contributed by atoms with van der Waals surface area (Å²) >= 11 is 0. The highest BCUT2D eigenvalue weighted by Crippen LogP contribution is 2.38. The molecule has 2 aromatic heterocycles. The van der Waals surface area contributed by atoms with Gasteiger partial charge in [-0.3, -0.25) is 0 Å². The molecule has 0 aromatic carbocycles. The van der Waals surface area contributed by atoms with Crippen molar-refractivity contribution in [2.24, 2.45) is 0 Å². The predicted molar refractivity (Wildman–Crippen MR) is 85.1 cm³/mol. The molecular weight excluding hydrogens is 292 g/mol. The molecule has 1 saturated heterocycles. The fourth-order valence-corrected chi connectivity index (χ4v) is 2.98. The SMILES string of the molecule is Cc1ccc(N2CCC[C@@H](NCc3noc(C4CC4)n3)C2)nn1. The van der Waals surface area contributed by atoms with Gasteiger partial charge in [-0.15, -0.1) is 5.10 Å². The number of nitrogens with one attached hydrogen (secondary N) is 1. The van der Waals surface area contributed by atoms with E-state index < -0.39 is 0 Å². The van der Waals surface area contributed by atoms with Crippen molar-refractivity contribution in [3.8, 4) is 0 Å². The zero-order valence-corrected chi connectivity index (χ0v) is 13.4. The summed E-state index contributed by atoms with van der Waals surface area (Å²) in [5.74, 6) is 3.04. The Morgan fingerprint density at radius 1 is 1.26 bits per heavy atom. The number of hydrogen-bond acceptors (Lipinski definition) is 7. The molecular formula is C16H22N6O. The highest BCUT2D eigenvalue weighted by Gasteiger charge is 2.29. The van der Waals surface area contributed by atoms with Crippen LogP contribution in [0.1, 0.15) is 49.0 Å². The molecule has 2 aliphatic rings. The molecule has 3 heterocycles. The van der Waals surface area contributed by atoms with E-state index in [-0.39, 0.29) is 0 Å². The second-order valence-corrected chi connectivity index (χ2v) is 6.52. The van der Waals surface area contributed by atoms with Gasteiger partial charge in [0.25, 0.3) is 0 Å². The summed E-state index contributed by atoms with van der Waals surface area (Å²) in [5.41, 5.74) is 0.948. The minimum atomic E-state index is 0.412. The van der Waals surface area contributed by atoms with Crippen LogP contribution in [0.25, 0.3) is 0 Å². The van der Waals surface area contributed by atoms with Gasteiger partial charge >= 0.3 is 0 Å². The fraction of sp³-hybridized carbons (Fsp3) is 0.625. The average Bonchev–Trinajstić information content (AvgIpc) is 3.33. The van der Waals surface area contributed by atoms with E-state index in [0.717, 1.165) is 49.2 Å². The molecule has 0 bridgehead atoms. The zero-order chi connectivity index (χ0) is 15.6. The first kappa shape index (κ1) is 14.6. The predicted octanol–water partition coefficient (Wildman–Crippen LogP) is 1.80. The molecule has 1 saturated carbocycles. The molecule has 122 valence electrons. The molecule has 0 spiro atoms. The van der Waals surface area contributed by atoms with E-state index >= 15 is 0 Å². The van der Waals surface area contributed by atoms with E-state index in [2.05, 4.69) is 30.6 Å². The summed E-state index contributed by atoms with van der Waals surface area (Å²) in [4.78, 5) is 6.76. The first-order valence-electron chi connectivity index (χ1n) is 8.39. The van der Waals surface area contributed by atoms with Crippen molar-refractivity contribution in [3.63, 3.8) is 0 Å². The Morgan fingerprint density at radius 2 is 2.17 bits per heavy atom. The summed E-state index contributed by atoms with van der Waals surface area (Å²) in [6.07, 6.45) is 4.67. The lowest BCUT2D eigenvalue weighted by atomic mass is 10.1. The van der Waals surface area contributed by atoms with Gasteiger partial charge in [-0.1, -0.05) is 5.16 Å². The Labute approximate surface area is 135 Å². The van der Waals surface area contributed by atoms with Crippen molar-refractivity contribution in [2.45, 2.75) is 51.1 Å². The van der Waals surface area contributed by atoms with E-state index in [0.29, 0.717) is 18.5 Å². The first-order chi connectivity index (χ1) is 11.3. The summed E-state index contributed by atoms with van der Waals surface area (Å²) in [7, 11) is 0. The number of hydrogen-bond donors (Lipinski definition) is 1. The number of nitrogens with zero attached hydrogens (tertiary/aromatic N) is 5. The minimum absolute atomic E-state index is 0.412. The molecule has 1 aliphatic carbocycles. The van der Waals surface area contributed by atoms with Crippen molar-refractivity contribution >= 4 is 5.82 Å². The summed E-state index contributed by atoms with van der Waals surface area (Å²) < 4.78 is 5.30. The highest BCUT2D eigenvalue weighted by molar-refractivity contribution is 5.38. The molecule has 1 N–H and O–H groups in total. The standard InChI is InChI=1S/C16H22N6O/c1-11-4-7-15(20-19-11)22-8-2-3-13(10-22)17-9-14-18-16(23-21-14)12-5-6-12/h4,7,12-13,17H,2-3,5-6,8-10H2,1H3/t13-/m1/s1. The number of anilines is 1. The largest absolute Gasteiger partial charge is 0.354 e. The van der Waals surface area contributed by atoms with Crippen LogP contribution in [-0.4, -0.2) is 39.5 Å². The maximum atomic E-state index is 5.30. The number of rotatable bonds is 5. The molecule has 0 amide bonds. The Morgan fingerprint density at radius 3 is 2.96 bits per heavy atom. The van der Waals surface area contributed by atoms with Gasteiger partial charge in [-0.25, -0.2) is 0 Å². The molecule has 7 nitrogen and oxygen atoms in total. The van der Waals surface area contributed by atoms with Gasteiger partial charge in [0.2, 0.25) is 5.89 Å². The monoisotopic (exact) mass is 314 g/mol. The molecule has 0 radical (unpaired) electrons. The third-order valence-corrected chi connectivity index (χ3v) is 4.49. The fourth-order valence-electron chi connectivity index (χ4n) is 2.98. The van der Waals surface area contributed by atoms with E-state index in [1.165, 1.54) is 12.8 Å². The quantitative estimate of drug-likeness (QED) is 0.901. The van der Waals surface area contributed by atoms with Crippen molar-refractivity contribution in [1.82, 2.24) is 25.7 Å². The molecule has 2 aromatic rings. The molecule has 2 fully saturated rings. The Kier molecular flexibility index (Phi) is 3.95. The van der Waals surface area contributed by atoms with Crippen LogP contribution in [-0.2, 0) is 6.54 Å². The summed E-state index contributed by atoms with van der Waals surface area (Å²) in [6.45, 7) is 4.58. The second kappa shape index (κ2) is 6.23. The molecule has 23 heavy (non-hydrogen) atoms. The third kappa shape index (κ3) is 3.50. The highest BCUT2D eigenvalue weighted by atomic mass is 16.5. The van der Waals surface area contributed by atoms with Gasteiger partial charge in [0, 0.05) is 25.0 Å².